The zero-order valence-electron chi connectivity index (χ0n) is 11.4. The van der Waals surface area contributed by atoms with Crippen LogP contribution in [-0.4, -0.2) is 39.9 Å². The summed E-state index contributed by atoms with van der Waals surface area (Å²) in [6.07, 6.45) is 0.191. The first-order valence-corrected chi connectivity index (χ1v) is 7.48. The van der Waals surface area contributed by atoms with Crippen molar-refractivity contribution in [3.8, 4) is 0 Å². The molecule has 0 heterocycles. The molecule has 0 fully saturated rings. The molecule has 1 aromatic rings. The number of nitrogens with two attached hydrogens (primary N) is 1. The summed E-state index contributed by atoms with van der Waals surface area (Å²) >= 11 is 0. The Bertz CT molecular complexity index is 534. The fourth-order valence-corrected chi connectivity index (χ4v) is 2.95. The lowest BCUT2D eigenvalue weighted by Crippen LogP contribution is -2.38. The molecule has 0 spiro atoms. The van der Waals surface area contributed by atoms with E-state index in [2.05, 4.69) is 4.72 Å². The number of ether oxygens (including phenoxy) is 1. The van der Waals surface area contributed by atoms with Crippen LogP contribution in [-0.2, 0) is 14.8 Å². The SMILES string of the molecule is COCC(CCO)NS(=O)(=O)c1cc(N)c(C)c(F)c1. The summed E-state index contributed by atoms with van der Waals surface area (Å²) in [7, 11) is -2.51. The molecular formula is C12H19FN2O4S. The van der Waals surface area contributed by atoms with Crippen molar-refractivity contribution in [1.29, 1.82) is 0 Å². The maximum Gasteiger partial charge on any atom is 0.241 e. The number of aliphatic hydroxyl groups excluding tert-OH is 1. The molecule has 0 aromatic heterocycles. The average Bonchev–Trinajstić information content (AvgIpc) is 2.35. The van der Waals surface area contributed by atoms with Crippen LogP contribution in [0.4, 0.5) is 10.1 Å². The van der Waals surface area contributed by atoms with Crippen molar-refractivity contribution in [3.63, 3.8) is 0 Å². The van der Waals surface area contributed by atoms with Gasteiger partial charge >= 0.3 is 0 Å². The molecule has 0 amide bonds. The molecule has 0 aliphatic carbocycles. The highest BCUT2D eigenvalue weighted by atomic mass is 32.2. The number of hydrogen-bond donors (Lipinski definition) is 3. The monoisotopic (exact) mass is 306 g/mol. The van der Waals surface area contributed by atoms with Crippen LogP contribution in [0, 0.1) is 12.7 Å². The quantitative estimate of drug-likeness (QED) is 0.633. The Morgan fingerprint density at radius 3 is 2.65 bits per heavy atom. The van der Waals surface area contributed by atoms with Crippen molar-refractivity contribution in [2.75, 3.05) is 26.1 Å². The molecule has 1 unspecified atom stereocenters. The van der Waals surface area contributed by atoms with Gasteiger partial charge in [-0.05, 0) is 25.5 Å². The van der Waals surface area contributed by atoms with Crippen molar-refractivity contribution in [3.05, 3.63) is 23.5 Å². The fourth-order valence-electron chi connectivity index (χ4n) is 1.65. The smallest absolute Gasteiger partial charge is 0.241 e. The second-order valence-corrected chi connectivity index (χ2v) is 6.12. The third-order valence-corrected chi connectivity index (χ3v) is 4.34. The molecule has 0 saturated heterocycles. The van der Waals surface area contributed by atoms with Crippen molar-refractivity contribution in [2.45, 2.75) is 24.3 Å². The predicted molar refractivity (Wildman–Crippen MR) is 73.2 cm³/mol. The molecule has 8 heteroatoms. The Balaban J connectivity index is 3.04. The Hall–Kier alpha value is -1.22. The highest BCUT2D eigenvalue weighted by Crippen LogP contribution is 2.21. The van der Waals surface area contributed by atoms with E-state index in [1.807, 2.05) is 0 Å². The molecule has 0 saturated carbocycles. The van der Waals surface area contributed by atoms with E-state index in [4.69, 9.17) is 15.6 Å². The number of anilines is 1. The van der Waals surface area contributed by atoms with Crippen LogP contribution < -0.4 is 10.5 Å². The van der Waals surface area contributed by atoms with E-state index in [0.29, 0.717) is 0 Å². The van der Waals surface area contributed by atoms with Crippen LogP contribution in [0.15, 0.2) is 17.0 Å². The lowest BCUT2D eigenvalue weighted by atomic mass is 10.2. The molecule has 20 heavy (non-hydrogen) atoms. The van der Waals surface area contributed by atoms with Crippen molar-refractivity contribution >= 4 is 15.7 Å². The van der Waals surface area contributed by atoms with Gasteiger partial charge in [-0.15, -0.1) is 0 Å². The minimum atomic E-state index is -3.93. The Kier molecular flexibility index (Phi) is 5.88. The van der Waals surface area contributed by atoms with Gasteiger partial charge in [0, 0.05) is 31.0 Å². The topological polar surface area (TPSA) is 102 Å². The summed E-state index contributed by atoms with van der Waals surface area (Å²) in [5, 5.41) is 8.88. The molecule has 114 valence electrons. The fraction of sp³-hybridized carbons (Fsp3) is 0.500. The number of benzene rings is 1. The lowest BCUT2D eigenvalue weighted by molar-refractivity contribution is 0.158. The molecule has 1 rings (SSSR count). The minimum Gasteiger partial charge on any atom is -0.398 e. The first-order valence-electron chi connectivity index (χ1n) is 5.99. The number of rotatable bonds is 7. The maximum absolute atomic E-state index is 13.6. The molecule has 0 aliphatic rings. The summed E-state index contributed by atoms with van der Waals surface area (Å²) in [6.45, 7) is 1.37. The number of aliphatic hydroxyl groups is 1. The number of halogens is 1. The Morgan fingerprint density at radius 2 is 2.15 bits per heavy atom. The first-order chi connectivity index (χ1) is 9.31. The lowest BCUT2D eigenvalue weighted by Gasteiger charge is -2.17. The molecule has 0 bridgehead atoms. The number of methoxy groups -OCH3 is 1. The van der Waals surface area contributed by atoms with Crippen LogP contribution >= 0.6 is 0 Å². The average molecular weight is 306 g/mol. The molecular weight excluding hydrogens is 287 g/mol. The third kappa shape index (κ3) is 4.14. The summed E-state index contributed by atoms with van der Waals surface area (Å²) in [5.41, 5.74) is 5.84. The molecule has 0 radical (unpaired) electrons. The van der Waals surface area contributed by atoms with Gasteiger partial charge in [0.1, 0.15) is 5.82 Å². The largest absolute Gasteiger partial charge is 0.398 e. The van der Waals surface area contributed by atoms with E-state index < -0.39 is 21.9 Å². The number of sulfonamides is 1. The first kappa shape index (κ1) is 16.8. The van der Waals surface area contributed by atoms with Gasteiger partial charge < -0.3 is 15.6 Å². The number of hydrogen-bond acceptors (Lipinski definition) is 5. The summed E-state index contributed by atoms with van der Waals surface area (Å²) in [6, 6.07) is 1.51. The van der Waals surface area contributed by atoms with E-state index in [1.54, 1.807) is 0 Å². The summed E-state index contributed by atoms with van der Waals surface area (Å²) < 4.78 is 45.1. The summed E-state index contributed by atoms with van der Waals surface area (Å²) in [4.78, 5) is -0.253. The number of nitrogen functional groups attached to an aromatic ring is 1. The second kappa shape index (κ2) is 6.98. The molecule has 1 atom stereocenters. The molecule has 1 aromatic carbocycles. The molecule has 4 N–H and O–H groups in total. The molecule has 0 aliphatic heterocycles. The zero-order valence-corrected chi connectivity index (χ0v) is 12.2. The number of nitrogens with one attached hydrogen (secondary N) is 1. The van der Waals surface area contributed by atoms with Gasteiger partial charge in [-0.3, -0.25) is 0 Å². The third-order valence-electron chi connectivity index (χ3n) is 2.84. The van der Waals surface area contributed by atoms with Gasteiger partial charge in [-0.2, -0.15) is 0 Å². The van der Waals surface area contributed by atoms with E-state index in [9.17, 15) is 12.8 Å². The van der Waals surface area contributed by atoms with Crippen LogP contribution in [0.2, 0.25) is 0 Å². The van der Waals surface area contributed by atoms with E-state index in [0.717, 1.165) is 6.07 Å². The Morgan fingerprint density at radius 1 is 1.50 bits per heavy atom. The van der Waals surface area contributed by atoms with Gasteiger partial charge in [0.15, 0.2) is 0 Å². The van der Waals surface area contributed by atoms with E-state index in [-0.39, 0.29) is 35.8 Å². The Labute approximate surface area is 117 Å². The van der Waals surface area contributed by atoms with Crippen LogP contribution in [0.5, 0.6) is 0 Å². The van der Waals surface area contributed by atoms with Crippen LogP contribution in [0.1, 0.15) is 12.0 Å². The molecule has 6 nitrogen and oxygen atoms in total. The van der Waals surface area contributed by atoms with Gasteiger partial charge in [-0.1, -0.05) is 0 Å². The van der Waals surface area contributed by atoms with Crippen molar-refractivity contribution in [2.24, 2.45) is 0 Å². The van der Waals surface area contributed by atoms with E-state index in [1.165, 1.54) is 20.1 Å². The zero-order chi connectivity index (χ0) is 15.3. The van der Waals surface area contributed by atoms with Crippen molar-refractivity contribution < 1.29 is 22.7 Å². The van der Waals surface area contributed by atoms with Gasteiger partial charge in [0.2, 0.25) is 10.0 Å². The van der Waals surface area contributed by atoms with Crippen LogP contribution in [0.25, 0.3) is 0 Å². The highest BCUT2D eigenvalue weighted by molar-refractivity contribution is 7.89. The van der Waals surface area contributed by atoms with Gasteiger partial charge in [0.05, 0.1) is 11.5 Å². The highest BCUT2D eigenvalue weighted by Gasteiger charge is 2.21. The second-order valence-electron chi connectivity index (χ2n) is 4.41. The predicted octanol–water partition coefficient (Wildman–Crippen LogP) is 0.392. The minimum absolute atomic E-state index is 0.0656. The van der Waals surface area contributed by atoms with Gasteiger partial charge in [-0.25, -0.2) is 17.5 Å². The van der Waals surface area contributed by atoms with E-state index >= 15 is 0 Å². The maximum atomic E-state index is 13.6. The van der Waals surface area contributed by atoms with Crippen LogP contribution in [0.3, 0.4) is 0 Å². The van der Waals surface area contributed by atoms with Crippen molar-refractivity contribution in [1.82, 2.24) is 4.72 Å². The normalized spacial score (nSPS) is 13.4. The summed E-state index contributed by atoms with van der Waals surface area (Å²) in [5.74, 6) is -0.684. The van der Waals surface area contributed by atoms with Gasteiger partial charge in [0.25, 0.3) is 0 Å². The standard InChI is InChI=1S/C12H19FN2O4S/c1-8-11(13)5-10(6-12(8)14)20(17,18)15-9(3-4-16)7-19-2/h5-6,9,15-16H,3-4,7,14H2,1-2H3.